The summed E-state index contributed by atoms with van der Waals surface area (Å²) in [6.45, 7) is 1.75. The smallest absolute Gasteiger partial charge is 0.310 e. The van der Waals surface area contributed by atoms with E-state index in [9.17, 15) is 4.79 Å². The first-order valence-corrected chi connectivity index (χ1v) is 2.76. The summed E-state index contributed by atoms with van der Waals surface area (Å²) < 4.78 is 0. The lowest BCUT2D eigenvalue weighted by Gasteiger charge is -1.99. The fraction of sp³-hybridized carbons (Fsp3) is 0.500. The highest BCUT2D eigenvalue weighted by molar-refractivity contribution is 5.71. The van der Waals surface area contributed by atoms with Crippen LogP contribution in [0.15, 0.2) is 12.3 Å². The number of rotatable bonds is 3. The van der Waals surface area contributed by atoms with Gasteiger partial charge in [0, 0.05) is 0 Å². The van der Waals surface area contributed by atoms with E-state index in [1.54, 1.807) is 6.92 Å². The molecule has 0 bridgehead atoms. The van der Waals surface area contributed by atoms with Crippen LogP contribution in [0.1, 0.15) is 13.3 Å². The van der Waals surface area contributed by atoms with E-state index in [4.69, 9.17) is 10.2 Å². The van der Waals surface area contributed by atoms with E-state index >= 15 is 0 Å². The minimum atomic E-state index is -0.900. The van der Waals surface area contributed by atoms with E-state index in [1.807, 2.05) is 0 Å². The van der Waals surface area contributed by atoms with E-state index in [1.165, 1.54) is 6.08 Å². The highest BCUT2D eigenvalue weighted by atomic mass is 16.4. The summed E-state index contributed by atoms with van der Waals surface area (Å²) in [5.41, 5.74) is 0. The molecule has 1 unspecified atom stereocenters. The molecule has 2 N–H and O–H groups in total. The average Bonchev–Trinajstić information content (AvgIpc) is 1.82. The Hall–Kier alpha value is -0.990. The van der Waals surface area contributed by atoms with Gasteiger partial charge in [0.2, 0.25) is 0 Å². The zero-order valence-electron chi connectivity index (χ0n) is 5.24. The van der Waals surface area contributed by atoms with Crippen LogP contribution in [-0.4, -0.2) is 16.2 Å². The lowest BCUT2D eigenvalue weighted by molar-refractivity contribution is -0.140. The Morgan fingerprint density at radius 3 is 2.44 bits per heavy atom. The van der Waals surface area contributed by atoms with Crippen molar-refractivity contribution < 1.29 is 15.0 Å². The van der Waals surface area contributed by atoms with Crippen LogP contribution in [0.5, 0.6) is 0 Å². The average molecular weight is 130 g/mol. The zero-order valence-corrected chi connectivity index (χ0v) is 5.24. The van der Waals surface area contributed by atoms with Crippen molar-refractivity contribution in [3.63, 3.8) is 0 Å². The number of carboxylic acid groups (broad SMARTS) is 1. The molecule has 52 valence electrons. The van der Waals surface area contributed by atoms with Crippen LogP contribution in [0.4, 0.5) is 0 Å². The Kier molecular flexibility index (Phi) is 3.51. The first-order valence-electron chi connectivity index (χ1n) is 2.76. The van der Waals surface area contributed by atoms with Gasteiger partial charge in [0.1, 0.15) is 0 Å². The monoisotopic (exact) mass is 130 g/mol. The number of hydrogen-bond donors (Lipinski definition) is 2. The van der Waals surface area contributed by atoms with Crippen LogP contribution in [0.2, 0.25) is 0 Å². The fourth-order valence-electron chi connectivity index (χ4n) is 0.497. The topological polar surface area (TPSA) is 57.5 Å². The fourth-order valence-corrected chi connectivity index (χ4v) is 0.497. The first-order chi connectivity index (χ1) is 4.22. The Morgan fingerprint density at radius 1 is 1.78 bits per heavy atom. The molecule has 0 aromatic carbocycles. The van der Waals surface area contributed by atoms with E-state index in [-0.39, 0.29) is 0 Å². The summed E-state index contributed by atoms with van der Waals surface area (Å²) in [4.78, 5) is 10.2. The maximum absolute atomic E-state index is 10.2. The van der Waals surface area contributed by atoms with Crippen molar-refractivity contribution >= 4 is 5.97 Å². The van der Waals surface area contributed by atoms with Crippen LogP contribution in [0.3, 0.4) is 0 Å². The van der Waals surface area contributed by atoms with Crippen molar-refractivity contribution in [1.29, 1.82) is 0 Å². The molecule has 0 saturated carbocycles. The quantitative estimate of drug-likeness (QED) is 0.564. The van der Waals surface area contributed by atoms with Gasteiger partial charge in [-0.15, -0.1) is 0 Å². The van der Waals surface area contributed by atoms with Crippen molar-refractivity contribution in [2.45, 2.75) is 13.3 Å². The van der Waals surface area contributed by atoms with Crippen LogP contribution in [0.25, 0.3) is 0 Å². The molecule has 0 aliphatic heterocycles. The highest BCUT2D eigenvalue weighted by Gasteiger charge is 2.09. The van der Waals surface area contributed by atoms with Gasteiger partial charge in [-0.2, -0.15) is 0 Å². The maximum Gasteiger partial charge on any atom is 0.310 e. The molecular weight excluding hydrogens is 120 g/mol. The zero-order chi connectivity index (χ0) is 7.28. The first kappa shape index (κ1) is 8.01. The molecule has 1 atom stereocenters. The van der Waals surface area contributed by atoms with Gasteiger partial charge >= 0.3 is 5.97 Å². The molecule has 0 saturated heterocycles. The number of aliphatic hydroxyl groups is 1. The highest BCUT2D eigenvalue weighted by Crippen LogP contribution is 2.02. The van der Waals surface area contributed by atoms with Gasteiger partial charge in [0.25, 0.3) is 0 Å². The molecule has 3 heteroatoms. The largest absolute Gasteiger partial charge is 0.516 e. The third kappa shape index (κ3) is 2.74. The van der Waals surface area contributed by atoms with E-state index in [2.05, 4.69) is 0 Å². The summed E-state index contributed by atoms with van der Waals surface area (Å²) >= 11 is 0. The van der Waals surface area contributed by atoms with Crippen molar-refractivity contribution in [3.05, 3.63) is 12.3 Å². The second-order valence-corrected chi connectivity index (χ2v) is 1.69. The lowest BCUT2D eigenvalue weighted by Crippen LogP contribution is -2.08. The van der Waals surface area contributed by atoms with E-state index in [0.717, 1.165) is 6.26 Å². The van der Waals surface area contributed by atoms with Gasteiger partial charge in [-0.25, -0.2) is 0 Å². The van der Waals surface area contributed by atoms with Crippen molar-refractivity contribution in [3.8, 4) is 0 Å². The van der Waals surface area contributed by atoms with Gasteiger partial charge in [-0.05, 0) is 12.5 Å². The Labute approximate surface area is 53.6 Å². The number of aliphatic carboxylic acids is 1. The minimum Gasteiger partial charge on any atom is -0.516 e. The molecule has 0 amide bonds. The maximum atomic E-state index is 10.2. The van der Waals surface area contributed by atoms with Crippen molar-refractivity contribution in [2.24, 2.45) is 5.92 Å². The van der Waals surface area contributed by atoms with Crippen LogP contribution in [0, 0.1) is 5.92 Å². The molecule has 9 heavy (non-hydrogen) atoms. The molecule has 0 aliphatic carbocycles. The molecule has 0 rings (SSSR count). The summed E-state index contributed by atoms with van der Waals surface area (Å²) in [6.07, 6.45) is 2.52. The molecule has 0 aromatic heterocycles. The predicted octanol–water partition coefficient (Wildman–Crippen LogP) is 1.17. The van der Waals surface area contributed by atoms with Crippen molar-refractivity contribution in [2.75, 3.05) is 0 Å². The summed E-state index contributed by atoms with van der Waals surface area (Å²) in [7, 11) is 0. The van der Waals surface area contributed by atoms with Crippen LogP contribution >= 0.6 is 0 Å². The predicted molar refractivity (Wildman–Crippen MR) is 33.2 cm³/mol. The van der Waals surface area contributed by atoms with Gasteiger partial charge < -0.3 is 10.2 Å². The third-order valence-corrected chi connectivity index (χ3v) is 1.08. The number of hydrogen-bond acceptors (Lipinski definition) is 2. The second kappa shape index (κ2) is 3.95. The molecular formula is C6H10O3. The van der Waals surface area contributed by atoms with Gasteiger partial charge in [0.15, 0.2) is 0 Å². The van der Waals surface area contributed by atoms with Crippen LogP contribution in [-0.2, 0) is 4.79 Å². The Morgan fingerprint density at radius 2 is 2.33 bits per heavy atom. The molecule has 0 heterocycles. The molecule has 0 aliphatic rings. The molecule has 0 radical (unpaired) electrons. The van der Waals surface area contributed by atoms with Crippen LogP contribution < -0.4 is 0 Å². The number of carboxylic acids is 1. The van der Waals surface area contributed by atoms with E-state index < -0.39 is 11.9 Å². The number of aliphatic hydroxyl groups excluding tert-OH is 1. The standard InChI is InChI=1S/C6H10O3/c1-2-5(3-4-7)6(8)9/h3-5,7H,2H2,1H3,(H,8,9). The van der Waals surface area contributed by atoms with Crippen molar-refractivity contribution in [1.82, 2.24) is 0 Å². The lowest BCUT2D eigenvalue weighted by atomic mass is 10.1. The third-order valence-electron chi connectivity index (χ3n) is 1.08. The SMILES string of the molecule is CCC(C=CO)C(=O)O. The molecule has 0 spiro atoms. The van der Waals surface area contributed by atoms with Gasteiger partial charge in [0.05, 0.1) is 12.2 Å². The second-order valence-electron chi connectivity index (χ2n) is 1.69. The summed E-state index contributed by atoms with van der Waals surface area (Å²) in [5, 5.41) is 16.5. The van der Waals surface area contributed by atoms with Gasteiger partial charge in [-0.1, -0.05) is 6.92 Å². The molecule has 3 nitrogen and oxygen atoms in total. The molecule has 0 aromatic rings. The normalized spacial score (nSPS) is 13.9. The molecule has 0 fully saturated rings. The Balaban J connectivity index is 3.83. The summed E-state index contributed by atoms with van der Waals surface area (Å²) in [5.74, 6) is -1.45. The van der Waals surface area contributed by atoms with E-state index in [0.29, 0.717) is 6.42 Å². The summed E-state index contributed by atoms with van der Waals surface area (Å²) in [6, 6.07) is 0. The Bertz CT molecular complexity index is 117. The number of carbonyl (C=O) groups is 1. The van der Waals surface area contributed by atoms with Gasteiger partial charge in [-0.3, -0.25) is 4.79 Å². The minimum absolute atomic E-state index is 0.506.